The Balaban J connectivity index is 0. The molecule has 1 fully saturated rings. The number of unbranched alkanes of at least 4 members (excludes halogenated alkanes) is 13. The molecule has 1 heterocycles. The van der Waals surface area contributed by atoms with Gasteiger partial charge in [0, 0.05) is 77.7 Å². The number of phosphoric ester groups is 1. The van der Waals surface area contributed by atoms with Gasteiger partial charge in [-0.05, 0) is 32.2 Å². The molecule has 0 saturated carbocycles. The van der Waals surface area contributed by atoms with Crippen molar-refractivity contribution in [1.82, 2.24) is 20.0 Å². The number of carbonyl (C=O) groups excluding carboxylic acids is 6. The minimum atomic E-state index is -4.93. The Hall–Kier alpha value is -0.865. The first-order valence-corrected chi connectivity index (χ1v) is 23.6. The second-order valence-electron chi connectivity index (χ2n) is 15.6. The number of aliphatic carboxylic acids is 3. The average molecular weight is 1070 g/mol. The molecule has 359 valence electrons. The third-order valence-electron chi connectivity index (χ3n) is 10.1. The quantitative estimate of drug-likeness (QED) is 0.0280. The maximum atomic E-state index is 12.6. The van der Waals surface area contributed by atoms with E-state index in [0.717, 1.165) is 64.2 Å². The summed E-state index contributed by atoms with van der Waals surface area (Å²) < 4.78 is 33.1. The number of rotatable bonds is 38. The predicted octanol–water partition coefficient (Wildman–Crippen LogP) is -2.95. The number of amides is 1. The fourth-order valence-corrected chi connectivity index (χ4v) is 7.62. The number of phosphoric acid groups is 1. The van der Waals surface area contributed by atoms with Gasteiger partial charge in [-0.1, -0.05) is 90.9 Å². The van der Waals surface area contributed by atoms with Gasteiger partial charge in [0.25, 0.3) is 7.82 Å². The van der Waals surface area contributed by atoms with E-state index in [0.29, 0.717) is 25.7 Å². The fraction of sp³-hybridized carbons (Fsp3) is 0.854. The molecule has 0 aliphatic carbocycles. The Bertz CT molecular complexity index is 1310. The molecule has 1 radical (unpaired) electrons. The van der Waals surface area contributed by atoms with Crippen molar-refractivity contribution in [2.45, 2.75) is 148 Å². The average Bonchev–Trinajstić information content (AvgIpc) is 3.38. The predicted molar refractivity (Wildman–Crippen MR) is 216 cm³/mol. The number of nitrogens with one attached hydrogen (secondary N) is 1. The summed E-state index contributed by atoms with van der Waals surface area (Å²) in [5.74, 6) is -5.52. The third kappa shape index (κ3) is 36.9. The third-order valence-corrected chi connectivity index (χ3v) is 11.1. The molecule has 1 N–H and O–H groups in total. The molecular formula is C41H71GdN4NaO15P. The number of carboxylic acids is 3. The van der Waals surface area contributed by atoms with Crippen molar-refractivity contribution in [3.63, 3.8) is 0 Å². The van der Waals surface area contributed by atoms with E-state index < -0.39 is 88.6 Å². The van der Waals surface area contributed by atoms with Crippen LogP contribution >= 0.6 is 7.82 Å². The number of hydrogen-bond donors (Lipinski definition) is 1. The van der Waals surface area contributed by atoms with Gasteiger partial charge in [-0.15, -0.1) is 0 Å². The van der Waals surface area contributed by atoms with E-state index in [1.165, 1.54) is 12.8 Å². The van der Waals surface area contributed by atoms with Crippen LogP contribution in [0.2, 0.25) is 0 Å². The number of esters is 2. The first-order valence-electron chi connectivity index (χ1n) is 22.1. The Morgan fingerprint density at radius 3 is 1.68 bits per heavy atom. The fourth-order valence-electron chi connectivity index (χ4n) is 6.88. The van der Waals surface area contributed by atoms with Gasteiger partial charge in [-0.2, -0.15) is 0 Å². The maximum Gasteiger partial charge on any atom is 3.00 e. The summed E-state index contributed by atoms with van der Waals surface area (Å²) in [5, 5.41) is 36.6. The molecule has 19 nitrogen and oxygen atoms in total. The van der Waals surface area contributed by atoms with E-state index in [1.54, 1.807) is 14.7 Å². The van der Waals surface area contributed by atoms with Gasteiger partial charge < -0.3 is 58.4 Å². The first kappa shape index (κ1) is 64.2. The molecule has 2 atom stereocenters. The molecule has 1 amide bonds. The van der Waals surface area contributed by atoms with Crippen molar-refractivity contribution in [3.8, 4) is 0 Å². The van der Waals surface area contributed by atoms with E-state index in [-0.39, 0.29) is 135 Å². The van der Waals surface area contributed by atoms with Crippen molar-refractivity contribution in [3.05, 3.63) is 0 Å². The van der Waals surface area contributed by atoms with Gasteiger partial charge in [0.1, 0.15) is 6.61 Å². The zero-order chi connectivity index (χ0) is 45.3. The van der Waals surface area contributed by atoms with Crippen molar-refractivity contribution in [2.75, 3.05) is 78.7 Å². The van der Waals surface area contributed by atoms with Crippen molar-refractivity contribution >= 4 is 43.6 Å². The van der Waals surface area contributed by atoms with Crippen LogP contribution in [0.15, 0.2) is 0 Å². The van der Waals surface area contributed by atoms with E-state index >= 15 is 0 Å². The zero-order valence-electron chi connectivity index (χ0n) is 37.8. The van der Waals surface area contributed by atoms with Crippen molar-refractivity contribution in [1.29, 1.82) is 0 Å². The molecule has 0 aromatic rings. The minimum absolute atomic E-state index is 0. The number of hydrogen-bond acceptors (Lipinski definition) is 18. The zero-order valence-corrected chi connectivity index (χ0v) is 43.0. The van der Waals surface area contributed by atoms with E-state index in [9.17, 15) is 53.5 Å². The summed E-state index contributed by atoms with van der Waals surface area (Å²) in [6.07, 6.45) is 13.9. The molecule has 0 aromatic carbocycles. The van der Waals surface area contributed by atoms with Crippen LogP contribution in [0.4, 0.5) is 0 Å². The van der Waals surface area contributed by atoms with Crippen LogP contribution in [0.3, 0.4) is 0 Å². The largest absolute Gasteiger partial charge is 3.00 e. The van der Waals surface area contributed by atoms with Crippen molar-refractivity contribution < 1.29 is 142 Å². The molecule has 2 unspecified atom stereocenters. The summed E-state index contributed by atoms with van der Waals surface area (Å²) in [6.45, 7) is 2.15. The molecule has 1 aliphatic rings. The summed E-state index contributed by atoms with van der Waals surface area (Å²) in [7, 11) is -4.93. The summed E-state index contributed by atoms with van der Waals surface area (Å²) >= 11 is 0. The van der Waals surface area contributed by atoms with Gasteiger partial charge in [0.15, 0.2) is 6.10 Å². The standard InChI is InChI=1S/C41H75N4O15P.Gd.Na/c1-3-5-7-9-11-13-15-20-40(53)57-32-35(60-41(54)21-16-14-12-10-8-6-4-2)33-59-61(55,56)58-26-22-42-36(46)19-17-18-23-45(31-39(51)52)34-27-43(29-37(47)48)24-25-44(28-34)30-38(49)50;;/h34-35H,3-33H2,1-2H3,(H,42,46)(H,47,48)(H,49,50)(H,51,52)(H,55,56);;/q;+3;+1/p-4. The molecule has 0 bridgehead atoms. The number of nitrogens with zero attached hydrogens (tertiary/aromatic N) is 3. The number of ether oxygens (including phenoxy) is 2. The number of carboxylic acid groups (broad SMARTS) is 3. The minimum Gasteiger partial charge on any atom is -0.756 e. The Morgan fingerprint density at radius 2 is 1.17 bits per heavy atom. The van der Waals surface area contributed by atoms with Crippen LogP contribution in [0.5, 0.6) is 0 Å². The topological polar surface area (TPSA) is 270 Å². The molecule has 0 spiro atoms. The second kappa shape index (κ2) is 40.2. The Labute approximate surface area is 428 Å². The van der Waals surface area contributed by atoms with Crippen LogP contribution in [0, 0.1) is 39.9 Å². The monoisotopic (exact) mass is 1070 g/mol. The maximum absolute atomic E-state index is 12.6. The molecule has 1 rings (SSSR count). The molecule has 63 heavy (non-hydrogen) atoms. The van der Waals surface area contributed by atoms with Gasteiger partial charge in [-0.25, -0.2) is 0 Å². The molecule has 1 aliphatic heterocycles. The van der Waals surface area contributed by atoms with Gasteiger partial charge in [-0.3, -0.25) is 33.6 Å². The molecule has 22 heteroatoms. The van der Waals surface area contributed by atoms with Crippen LogP contribution in [-0.2, 0) is 51.9 Å². The van der Waals surface area contributed by atoms with E-state index in [4.69, 9.17) is 18.5 Å². The number of carbonyl (C=O) groups is 6. The van der Waals surface area contributed by atoms with Crippen LogP contribution in [0.1, 0.15) is 136 Å². The molecule has 1 saturated heterocycles. The summed E-state index contributed by atoms with van der Waals surface area (Å²) in [6, 6.07) is -0.568. The summed E-state index contributed by atoms with van der Waals surface area (Å²) in [4.78, 5) is 88.7. The molecule has 0 aromatic heterocycles. The van der Waals surface area contributed by atoms with E-state index in [1.807, 2.05) is 0 Å². The van der Waals surface area contributed by atoms with E-state index in [2.05, 4.69) is 19.2 Å². The van der Waals surface area contributed by atoms with Gasteiger partial charge in [0.2, 0.25) is 5.91 Å². The smallest absolute Gasteiger partial charge is 0.756 e. The Kier molecular flexibility index (Phi) is 41.0. The van der Waals surface area contributed by atoms with Gasteiger partial charge >= 0.3 is 81.4 Å². The first-order chi connectivity index (χ1) is 29.1. The second-order valence-corrected chi connectivity index (χ2v) is 17.0. The Morgan fingerprint density at radius 1 is 0.683 bits per heavy atom. The normalized spacial score (nSPS) is 15.0. The van der Waals surface area contributed by atoms with Gasteiger partial charge in [0.05, 0.1) is 31.1 Å². The van der Waals surface area contributed by atoms with Crippen molar-refractivity contribution in [2.24, 2.45) is 0 Å². The van der Waals surface area contributed by atoms with Crippen LogP contribution in [-0.4, -0.2) is 141 Å². The molecular weight excluding hydrogens is 1000 g/mol. The summed E-state index contributed by atoms with van der Waals surface area (Å²) in [5.41, 5.74) is 0. The SMILES string of the molecule is CCCCCCCCCC(=O)OCC(COP(=O)([O-])OCCNC(=O)CCCCN(CC(=O)[O-])C1CN(CC(=O)[O-])CCN(CC(=O)[O-])C1)OC(=O)CCCCCCCCC.[Gd+3].[Na+]. The van der Waals surface area contributed by atoms with Crippen LogP contribution in [0.25, 0.3) is 0 Å². The van der Waals surface area contributed by atoms with Crippen LogP contribution < -0.4 is 55.1 Å².